The van der Waals surface area contributed by atoms with Gasteiger partial charge in [-0.1, -0.05) is 38.3 Å². The lowest BCUT2D eigenvalue weighted by Gasteiger charge is -2.40. The van der Waals surface area contributed by atoms with Gasteiger partial charge in [0.1, 0.15) is 11.6 Å². The quantitative estimate of drug-likeness (QED) is 0.301. The van der Waals surface area contributed by atoms with E-state index in [0.717, 1.165) is 32.1 Å². The Hall–Kier alpha value is -2.19. The Morgan fingerprint density at radius 3 is 2.49 bits per heavy atom. The van der Waals surface area contributed by atoms with Gasteiger partial charge in [-0.2, -0.15) is 0 Å². The number of amides is 3. The van der Waals surface area contributed by atoms with Crippen molar-refractivity contribution in [2.75, 3.05) is 32.8 Å². The number of hydrogen-bond acceptors (Lipinski definition) is 5. The number of likely N-dealkylation sites (tertiary alicyclic amines) is 1. The molecular weight excluding hydrogens is 470 g/mol. The second-order valence-electron chi connectivity index (χ2n) is 11.2. The highest BCUT2D eigenvalue weighted by molar-refractivity contribution is 5.99. The van der Waals surface area contributed by atoms with Crippen molar-refractivity contribution in [3.8, 4) is 0 Å². The van der Waals surface area contributed by atoms with Crippen molar-refractivity contribution >= 4 is 17.7 Å². The number of aliphatic hydroxyl groups is 1. The summed E-state index contributed by atoms with van der Waals surface area (Å²) in [6.07, 6.45) is 11.7. The average Bonchev–Trinajstić information content (AvgIpc) is 3.54. The molecular formula is C29H45N3O5. The van der Waals surface area contributed by atoms with Crippen molar-refractivity contribution in [3.05, 3.63) is 25.3 Å². The molecule has 8 nitrogen and oxygen atoms in total. The largest absolute Gasteiger partial charge is 0.396 e. The fourth-order valence-corrected chi connectivity index (χ4v) is 7.38. The molecule has 37 heavy (non-hydrogen) atoms. The van der Waals surface area contributed by atoms with E-state index in [1.54, 1.807) is 22.0 Å². The van der Waals surface area contributed by atoms with Gasteiger partial charge in [0.05, 0.1) is 17.9 Å². The smallest absolute Gasteiger partial charge is 0.248 e. The Kier molecular flexibility index (Phi) is 9.11. The Labute approximate surface area is 221 Å². The number of carbonyl (C=O) groups is 3. The van der Waals surface area contributed by atoms with Crippen LogP contribution in [0.2, 0.25) is 0 Å². The van der Waals surface area contributed by atoms with Gasteiger partial charge in [0.25, 0.3) is 0 Å². The normalized spacial score (nSPS) is 30.9. The summed E-state index contributed by atoms with van der Waals surface area (Å²) < 4.78 is 6.62. The first-order valence-electron chi connectivity index (χ1n) is 14.3. The molecule has 1 saturated carbocycles. The molecule has 206 valence electrons. The molecule has 2 unspecified atom stereocenters. The number of hydrogen-bond donors (Lipinski definition) is 1. The van der Waals surface area contributed by atoms with Crippen molar-refractivity contribution in [1.29, 1.82) is 0 Å². The molecule has 3 amide bonds. The van der Waals surface area contributed by atoms with Gasteiger partial charge in [-0.05, 0) is 44.9 Å². The number of nitrogens with zero attached hydrogens (tertiary/aromatic N) is 3. The first-order valence-corrected chi connectivity index (χ1v) is 14.3. The maximum absolute atomic E-state index is 14.4. The summed E-state index contributed by atoms with van der Waals surface area (Å²) in [5.74, 6) is -1.51. The summed E-state index contributed by atoms with van der Waals surface area (Å²) in [5.41, 5.74) is -0.974. The summed E-state index contributed by atoms with van der Waals surface area (Å²) in [6.45, 7) is 11.6. The Bertz CT molecular complexity index is 872. The van der Waals surface area contributed by atoms with E-state index in [2.05, 4.69) is 13.2 Å². The molecule has 5 atom stereocenters. The van der Waals surface area contributed by atoms with Gasteiger partial charge in [-0.15, -0.1) is 13.2 Å². The number of aliphatic hydroxyl groups excluding tert-OH is 1. The van der Waals surface area contributed by atoms with Crippen molar-refractivity contribution in [3.63, 3.8) is 0 Å². The molecule has 2 bridgehead atoms. The molecule has 0 aromatic rings. The zero-order valence-electron chi connectivity index (χ0n) is 22.5. The SMILES string of the molecule is C=CCN(CCC)C(=O)[C@@H]1[C@H]2C(=O)N(CCCCO)C(C(=O)N(CC=C)C3CCCCC3)C23CC[C@H]1O3. The molecule has 0 radical (unpaired) electrons. The third kappa shape index (κ3) is 4.99. The number of carbonyl (C=O) groups excluding carboxylic acids is 3. The minimum atomic E-state index is -0.974. The molecule has 4 aliphatic rings. The maximum Gasteiger partial charge on any atom is 0.248 e. The van der Waals surface area contributed by atoms with Gasteiger partial charge in [-0.25, -0.2) is 0 Å². The van der Waals surface area contributed by atoms with Gasteiger partial charge in [-0.3, -0.25) is 14.4 Å². The molecule has 3 aliphatic heterocycles. The Morgan fingerprint density at radius 2 is 1.84 bits per heavy atom. The van der Waals surface area contributed by atoms with E-state index in [1.165, 1.54) is 6.42 Å². The van der Waals surface area contributed by atoms with Crippen LogP contribution < -0.4 is 0 Å². The zero-order valence-corrected chi connectivity index (χ0v) is 22.5. The number of fused-ring (bicyclic) bond motifs is 1. The zero-order chi connectivity index (χ0) is 26.6. The van der Waals surface area contributed by atoms with Crippen LogP contribution in [0.1, 0.15) is 71.1 Å². The van der Waals surface area contributed by atoms with Crippen LogP contribution in [0.3, 0.4) is 0 Å². The molecule has 0 aromatic heterocycles. The minimum Gasteiger partial charge on any atom is -0.396 e. The molecule has 3 saturated heterocycles. The summed E-state index contributed by atoms with van der Waals surface area (Å²) in [6, 6.07) is -0.611. The van der Waals surface area contributed by atoms with Crippen molar-refractivity contribution in [1.82, 2.24) is 14.7 Å². The van der Waals surface area contributed by atoms with Crippen molar-refractivity contribution < 1.29 is 24.2 Å². The summed E-state index contributed by atoms with van der Waals surface area (Å²) >= 11 is 0. The first-order chi connectivity index (χ1) is 17.9. The predicted molar refractivity (Wildman–Crippen MR) is 141 cm³/mol. The monoisotopic (exact) mass is 515 g/mol. The number of ether oxygens (including phenoxy) is 1. The van der Waals surface area contributed by atoms with E-state index in [-0.39, 0.29) is 36.5 Å². The first kappa shape index (κ1) is 27.8. The summed E-state index contributed by atoms with van der Waals surface area (Å²) in [7, 11) is 0. The molecule has 1 aliphatic carbocycles. The lowest BCUT2D eigenvalue weighted by atomic mass is 9.70. The third-order valence-corrected chi connectivity index (χ3v) is 8.91. The molecule has 4 fully saturated rings. The number of unbranched alkanes of at least 4 members (excludes halogenated alkanes) is 1. The molecule has 4 rings (SSSR count). The van der Waals surface area contributed by atoms with E-state index >= 15 is 0 Å². The fraction of sp³-hybridized carbons (Fsp3) is 0.759. The predicted octanol–water partition coefficient (Wildman–Crippen LogP) is 2.91. The second-order valence-corrected chi connectivity index (χ2v) is 11.2. The van der Waals surface area contributed by atoms with Crippen LogP contribution in [-0.2, 0) is 19.1 Å². The van der Waals surface area contributed by atoms with Crippen LogP contribution in [0.5, 0.6) is 0 Å². The second kappa shape index (κ2) is 12.1. The van der Waals surface area contributed by atoms with Gasteiger partial charge in [0, 0.05) is 38.8 Å². The van der Waals surface area contributed by atoms with E-state index in [9.17, 15) is 19.5 Å². The highest BCUT2D eigenvalue weighted by Gasteiger charge is 2.74. The van der Waals surface area contributed by atoms with Gasteiger partial charge in [0.15, 0.2) is 0 Å². The van der Waals surface area contributed by atoms with E-state index in [4.69, 9.17) is 4.74 Å². The summed E-state index contributed by atoms with van der Waals surface area (Å²) in [5, 5.41) is 9.38. The highest BCUT2D eigenvalue weighted by Crippen LogP contribution is 2.59. The van der Waals surface area contributed by atoms with E-state index < -0.39 is 23.5 Å². The Morgan fingerprint density at radius 1 is 1.11 bits per heavy atom. The van der Waals surface area contributed by atoms with Gasteiger partial charge in [0.2, 0.25) is 17.7 Å². The third-order valence-electron chi connectivity index (χ3n) is 8.91. The van der Waals surface area contributed by atoms with Crippen LogP contribution in [-0.4, -0.2) is 94.1 Å². The molecule has 1 spiro atoms. The Balaban J connectivity index is 1.69. The van der Waals surface area contributed by atoms with Gasteiger partial charge >= 0.3 is 0 Å². The van der Waals surface area contributed by atoms with Crippen molar-refractivity contribution in [2.24, 2.45) is 11.8 Å². The highest BCUT2D eigenvalue weighted by atomic mass is 16.5. The molecule has 8 heteroatoms. The van der Waals surface area contributed by atoms with Gasteiger partial charge < -0.3 is 24.5 Å². The minimum absolute atomic E-state index is 0.0348. The lowest BCUT2D eigenvalue weighted by Crippen LogP contribution is -2.58. The number of rotatable bonds is 13. The topological polar surface area (TPSA) is 90.4 Å². The maximum atomic E-state index is 14.4. The molecule has 0 aromatic carbocycles. The molecule has 3 heterocycles. The van der Waals surface area contributed by atoms with Crippen LogP contribution in [0.25, 0.3) is 0 Å². The average molecular weight is 516 g/mol. The fourth-order valence-electron chi connectivity index (χ4n) is 7.38. The van der Waals surface area contributed by atoms with Crippen LogP contribution in [0.15, 0.2) is 25.3 Å². The van der Waals surface area contributed by atoms with Crippen LogP contribution in [0, 0.1) is 11.8 Å². The van der Waals surface area contributed by atoms with E-state index in [0.29, 0.717) is 51.9 Å². The van der Waals surface area contributed by atoms with Crippen molar-refractivity contribution in [2.45, 2.75) is 94.9 Å². The lowest BCUT2D eigenvalue weighted by molar-refractivity contribution is -0.150. The van der Waals surface area contributed by atoms with Crippen LogP contribution >= 0.6 is 0 Å². The van der Waals surface area contributed by atoms with E-state index in [1.807, 2.05) is 11.8 Å². The summed E-state index contributed by atoms with van der Waals surface area (Å²) in [4.78, 5) is 47.7. The standard InChI is InChI=1S/C29H45N3O5/c1-4-16-30(17-5-2)26(34)23-22-14-15-29(37-22)24(23)27(35)32(19-10-11-20-33)25(29)28(36)31(18-6-3)21-12-8-7-9-13-21/h4,6,21-25,33H,1,3,5,7-20H2,2H3/t22-,23+,24+,25?,29?/m1/s1. The molecule has 1 N–H and O–H groups in total. The van der Waals surface area contributed by atoms with Crippen LogP contribution in [0.4, 0.5) is 0 Å².